The van der Waals surface area contributed by atoms with Crippen LogP contribution in [-0.2, 0) is 44.9 Å². The molecule has 0 aromatic heterocycles. The molecule has 18 heteroatoms. The first kappa shape index (κ1) is 55.8. The summed E-state index contributed by atoms with van der Waals surface area (Å²) in [6, 6.07) is 12.3. The Morgan fingerprint density at radius 1 is 0.657 bits per heavy atom. The summed E-state index contributed by atoms with van der Waals surface area (Å²) in [6.07, 6.45) is 12.8. The van der Waals surface area contributed by atoms with Gasteiger partial charge in [0, 0.05) is 38.9 Å². The van der Waals surface area contributed by atoms with Crippen LogP contribution in [0.4, 0.5) is 5.69 Å². The largest absolute Gasteiger partial charge is 0.356 e. The summed E-state index contributed by atoms with van der Waals surface area (Å²) in [7, 11) is 0. The number of anilines is 1. The van der Waals surface area contributed by atoms with Crippen molar-refractivity contribution in [2.24, 2.45) is 0 Å². The van der Waals surface area contributed by atoms with E-state index in [1.807, 2.05) is 54.6 Å². The van der Waals surface area contributed by atoms with Crippen LogP contribution in [0.3, 0.4) is 0 Å². The average molecular weight is 1050 g/mol. The quantitative estimate of drug-likeness (QED) is 0.0367. The van der Waals surface area contributed by atoms with Crippen LogP contribution in [0.25, 0.3) is 6.08 Å². The number of terminal acetylenes is 1. The Morgan fingerprint density at radius 3 is 1.75 bits per heavy atom. The minimum Gasteiger partial charge on any atom is -0.356 e. The zero-order valence-corrected chi connectivity index (χ0v) is 41.7. The van der Waals surface area contributed by atoms with Crippen molar-refractivity contribution in [3.8, 4) is 12.3 Å². The second kappa shape index (κ2) is 31.4. The zero-order chi connectivity index (χ0) is 49.0. The van der Waals surface area contributed by atoms with Crippen molar-refractivity contribution in [1.29, 1.82) is 0 Å². The normalized spacial score (nSPS) is 14.6. The van der Waals surface area contributed by atoms with Gasteiger partial charge in [0.05, 0.1) is 29.4 Å². The van der Waals surface area contributed by atoms with Crippen LogP contribution in [0.2, 0.25) is 0 Å². The first-order chi connectivity index (χ1) is 32.3. The average Bonchev–Trinajstić information content (AvgIpc) is 3.39. The number of benzene rings is 2. The number of nitrogens with zero attached hydrogens (tertiary/aromatic N) is 1. The van der Waals surface area contributed by atoms with Crippen molar-refractivity contribution in [3.63, 3.8) is 0 Å². The molecule has 1 aliphatic heterocycles. The Hall–Kier alpha value is -5.54. The van der Waals surface area contributed by atoms with Crippen molar-refractivity contribution >= 4 is 90.9 Å². The second-order valence-corrected chi connectivity index (χ2v) is 17.3. The van der Waals surface area contributed by atoms with Gasteiger partial charge in [0.15, 0.2) is 0 Å². The molecule has 16 nitrogen and oxygen atoms in total. The molecule has 364 valence electrons. The first-order valence-corrected chi connectivity index (χ1v) is 25.2. The number of amides is 8. The monoisotopic (exact) mass is 1050 g/mol. The summed E-state index contributed by atoms with van der Waals surface area (Å²) in [5, 5.41) is 19.6. The molecule has 1 heterocycles. The predicted molar refractivity (Wildman–Crippen MR) is 267 cm³/mol. The lowest BCUT2D eigenvalue weighted by molar-refractivity contribution is -0.134. The Labute approximate surface area is 411 Å². The molecule has 0 saturated heterocycles. The molecular formula is C49H66Br2N8O8. The molecule has 0 fully saturated rings. The Kier molecular flexibility index (Phi) is 26.2. The molecule has 8 amide bonds. The number of halogens is 2. The molecule has 1 aliphatic rings. The van der Waals surface area contributed by atoms with Crippen LogP contribution < -0.4 is 42.1 Å². The molecule has 0 radical (unpaired) electrons. The number of alkyl halides is 2. The van der Waals surface area contributed by atoms with Crippen LogP contribution in [0, 0.1) is 12.3 Å². The van der Waals surface area contributed by atoms with Crippen LogP contribution in [0.1, 0.15) is 114 Å². The molecule has 2 aromatic rings. The van der Waals surface area contributed by atoms with E-state index in [2.05, 4.69) is 88.0 Å². The van der Waals surface area contributed by atoms with Gasteiger partial charge in [-0.25, -0.2) is 0 Å². The number of hydrogen-bond donors (Lipinski definition) is 7. The van der Waals surface area contributed by atoms with Crippen LogP contribution >= 0.6 is 31.9 Å². The summed E-state index contributed by atoms with van der Waals surface area (Å²) in [5.41, 5.74) is 3.65. The van der Waals surface area contributed by atoms with E-state index in [4.69, 9.17) is 6.42 Å². The molecule has 0 saturated carbocycles. The van der Waals surface area contributed by atoms with Gasteiger partial charge in [-0.3, -0.25) is 38.4 Å². The SMILES string of the molecule is C#CCNC(=O)C(CCCCNC(=O)CC)NC(=O)C(CCCCNC(=O)CBr)NC(=O)C(CCCCNC(=O)CBr)NC(=O)CCC(=O)N1Cc2ccccc2C(C)/C=C\c2ccccc21. The minimum atomic E-state index is -1.15. The molecule has 3 rings (SSSR count). The molecular weight excluding hydrogens is 988 g/mol. The predicted octanol–water partition coefficient (Wildman–Crippen LogP) is 4.39. The number of allylic oxidation sites excluding steroid dienone is 1. The van der Waals surface area contributed by atoms with E-state index in [1.165, 1.54) is 0 Å². The van der Waals surface area contributed by atoms with E-state index < -0.39 is 41.8 Å². The molecule has 2 aromatic carbocycles. The fraction of sp³-hybridized carbons (Fsp3) is 0.510. The van der Waals surface area contributed by atoms with Gasteiger partial charge >= 0.3 is 0 Å². The van der Waals surface area contributed by atoms with Crippen molar-refractivity contribution in [2.45, 2.75) is 121 Å². The summed E-state index contributed by atoms with van der Waals surface area (Å²) in [4.78, 5) is 106. The van der Waals surface area contributed by atoms with Crippen molar-refractivity contribution in [1.82, 2.24) is 37.2 Å². The molecule has 0 aliphatic carbocycles. The third-order valence-corrected chi connectivity index (χ3v) is 12.1. The molecule has 67 heavy (non-hydrogen) atoms. The maximum atomic E-state index is 14.2. The van der Waals surface area contributed by atoms with Gasteiger partial charge in [0.25, 0.3) is 0 Å². The zero-order valence-electron chi connectivity index (χ0n) is 38.6. The Morgan fingerprint density at radius 2 is 1.18 bits per heavy atom. The van der Waals surface area contributed by atoms with Crippen molar-refractivity contribution < 1.29 is 38.4 Å². The van der Waals surface area contributed by atoms with Gasteiger partial charge in [-0.05, 0) is 86.5 Å². The summed E-state index contributed by atoms with van der Waals surface area (Å²) >= 11 is 6.24. The third kappa shape index (κ3) is 20.5. The van der Waals surface area contributed by atoms with E-state index in [-0.39, 0.29) is 78.9 Å². The van der Waals surface area contributed by atoms with E-state index in [0.29, 0.717) is 76.8 Å². The Balaban J connectivity index is 1.82. The number of hydrogen-bond acceptors (Lipinski definition) is 8. The summed E-state index contributed by atoms with van der Waals surface area (Å²) < 4.78 is 0. The maximum absolute atomic E-state index is 14.2. The number of nitrogens with one attached hydrogen (secondary N) is 7. The molecule has 7 N–H and O–H groups in total. The maximum Gasteiger partial charge on any atom is 0.243 e. The number of unbranched alkanes of at least 4 members (excludes halogenated alkanes) is 3. The number of carbonyl (C=O) groups excluding carboxylic acids is 8. The second-order valence-electron chi connectivity index (χ2n) is 16.2. The number of para-hydroxylation sites is 1. The van der Waals surface area contributed by atoms with E-state index >= 15 is 0 Å². The number of fused-ring (bicyclic) bond motifs is 2. The van der Waals surface area contributed by atoms with Crippen LogP contribution in [-0.4, -0.2) is 102 Å². The van der Waals surface area contributed by atoms with Gasteiger partial charge in [-0.15, -0.1) is 6.42 Å². The molecule has 4 atom stereocenters. The Bertz CT molecular complexity index is 2060. The topological polar surface area (TPSA) is 224 Å². The lowest BCUT2D eigenvalue weighted by atomic mass is 9.95. The fourth-order valence-corrected chi connectivity index (χ4v) is 7.78. The highest BCUT2D eigenvalue weighted by Gasteiger charge is 2.30. The van der Waals surface area contributed by atoms with Crippen LogP contribution in [0.5, 0.6) is 0 Å². The van der Waals surface area contributed by atoms with E-state index in [0.717, 1.165) is 16.7 Å². The van der Waals surface area contributed by atoms with Gasteiger partial charge < -0.3 is 42.1 Å². The van der Waals surface area contributed by atoms with Gasteiger partial charge in [0.1, 0.15) is 18.1 Å². The van der Waals surface area contributed by atoms with Gasteiger partial charge in [0.2, 0.25) is 47.3 Å². The fourth-order valence-electron chi connectivity index (χ4n) is 7.38. The minimum absolute atomic E-state index is 0.0687. The summed E-state index contributed by atoms with van der Waals surface area (Å²) in [5.74, 6) is -0.678. The first-order valence-electron chi connectivity index (χ1n) is 23.0. The standard InChI is InChI=1S/C49H66Br2N8O8/c1-4-27-55-47(65)38(19-10-13-28-52-42(60)5-2)57-49(67)40(21-12-15-30-54-45(63)32-51)58-48(66)39(20-11-14-29-53-44(62)31-50)56-43(61)25-26-46(64)59-33-36-17-6-8-18-37(36)34(3)23-24-35-16-7-9-22-41(35)59/h1,6-9,16-18,22-24,34,38-40H,5,10-15,19-21,25-33H2,2-3H3,(H,52,60)(H,53,62)(H,54,63)(H,55,65)(H,56,61)(H,57,67)(H,58,66)/b24-23-. The molecule has 0 spiro atoms. The van der Waals surface area contributed by atoms with Gasteiger partial charge in [-0.2, -0.15) is 0 Å². The van der Waals surface area contributed by atoms with E-state index in [1.54, 1.807) is 11.8 Å². The molecule has 0 bridgehead atoms. The highest BCUT2D eigenvalue weighted by Crippen LogP contribution is 2.31. The number of carbonyl (C=O) groups is 8. The molecule has 4 unspecified atom stereocenters. The van der Waals surface area contributed by atoms with Crippen LogP contribution in [0.15, 0.2) is 54.6 Å². The highest BCUT2D eigenvalue weighted by atomic mass is 79.9. The van der Waals surface area contributed by atoms with Gasteiger partial charge in [-0.1, -0.05) is 106 Å². The smallest absolute Gasteiger partial charge is 0.243 e. The lowest BCUT2D eigenvalue weighted by Crippen LogP contribution is -2.56. The number of rotatable bonds is 28. The third-order valence-electron chi connectivity index (χ3n) is 11.1. The van der Waals surface area contributed by atoms with Crippen molar-refractivity contribution in [2.75, 3.05) is 41.7 Å². The lowest BCUT2D eigenvalue weighted by Gasteiger charge is -2.26. The van der Waals surface area contributed by atoms with E-state index in [9.17, 15) is 38.4 Å². The summed E-state index contributed by atoms with van der Waals surface area (Å²) in [6.45, 7) is 5.13. The van der Waals surface area contributed by atoms with Crippen molar-refractivity contribution in [3.05, 3.63) is 71.3 Å². The highest BCUT2D eigenvalue weighted by molar-refractivity contribution is 9.09.